The zero-order valence-electron chi connectivity index (χ0n) is 12.6. The minimum absolute atomic E-state index is 0.0405. The Labute approximate surface area is 125 Å². The molecular weight excluding hydrogens is 262 g/mol. The van der Waals surface area contributed by atoms with Crippen molar-refractivity contribution >= 4 is 16.8 Å². The molecule has 0 saturated heterocycles. The van der Waals surface area contributed by atoms with Crippen LogP contribution in [0.25, 0.3) is 10.9 Å². The molecule has 1 amide bonds. The van der Waals surface area contributed by atoms with Gasteiger partial charge in [-0.15, -0.1) is 0 Å². The van der Waals surface area contributed by atoms with Gasteiger partial charge in [0.25, 0.3) is 5.91 Å². The Kier molecular flexibility index (Phi) is 4.54. The van der Waals surface area contributed by atoms with Crippen LogP contribution in [-0.4, -0.2) is 28.9 Å². The number of pyridine rings is 1. The number of hydrogen-bond donors (Lipinski definition) is 0. The Bertz CT molecular complexity index is 703. The second kappa shape index (κ2) is 6.36. The lowest BCUT2D eigenvalue weighted by molar-refractivity contribution is 0.0754. The lowest BCUT2D eigenvalue weighted by Crippen LogP contribution is -2.34. The molecule has 0 fully saturated rings. The standard InChI is InChI=1S/C17H19N3O/c1-4-20(11-12(2)10-18)17(21)15-9-13(3)19-16-8-6-5-7-14(15)16/h5-9,12H,4,11H2,1-3H3. The summed E-state index contributed by atoms with van der Waals surface area (Å²) in [6, 6.07) is 11.6. The molecule has 0 aliphatic rings. The van der Waals surface area contributed by atoms with E-state index < -0.39 is 0 Å². The van der Waals surface area contributed by atoms with Crippen molar-refractivity contribution in [3.8, 4) is 6.07 Å². The molecule has 0 bridgehead atoms. The Balaban J connectivity index is 2.45. The second-order valence-corrected chi connectivity index (χ2v) is 5.20. The van der Waals surface area contributed by atoms with Crippen LogP contribution in [0.4, 0.5) is 0 Å². The minimum Gasteiger partial charge on any atom is -0.338 e. The lowest BCUT2D eigenvalue weighted by Gasteiger charge is -2.22. The Hall–Kier alpha value is -2.41. The molecule has 1 unspecified atom stereocenters. The summed E-state index contributed by atoms with van der Waals surface area (Å²) in [5.74, 6) is -0.218. The third kappa shape index (κ3) is 3.19. The first-order valence-electron chi connectivity index (χ1n) is 7.12. The van der Waals surface area contributed by atoms with Crippen molar-refractivity contribution in [2.75, 3.05) is 13.1 Å². The van der Waals surface area contributed by atoms with Crippen molar-refractivity contribution in [1.82, 2.24) is 9.88 Å². The summed E-state index contributed by atoms with van der Waals surface area (Å²) in [6.45, 7) is 6.67. The summed E-state index contributed by atoms with van der Waals surface area (Å²) in [5, 5.41) is 9.81. The molecular formula is C17H19N3O. The van der Waals surface area contributed by atoms with Crippen LogP contribution in [0.15, 0.2) is 30.3 Å². The highest BCUT2D eigenvalue weighted by Gasteiger charge is 2.19. The number of para-hydroxylation sites is 1. The molecule has 4 heteroatoms. The zero-order valence-corrected chi connectivity index (χ0v) is 12.6. The first kappa shape index (κ1) is 15.0. The molecule has 1 heterocycles. The fourth-order valence-electron chi connectivity index (χ4n) is 2.38. The highest BCUT2D eigenvalue weighted by atomic mass is 16.2. The molecule has 0 radical (unpaired) electrons. The summed E-state index contributed by atoms with van der Waals surface area (Å²) in [4.78, 5) is 19.0. The molecule has 1 aromatic carbocycles. The molecule has 0 aliphatic carbocycles. The number of fused-ring (bicyclic) bond motifs is 1. The topological polar surface area (TPSA) is 57.0 Å². The molecule has 0 saturated carbocycles. The highest BCUT2D eigenvalue weighted by Crippen LogP contribution is 2.20. The van der Waals surface area contributed by atoms with Gasteiger partial charge in [0.2, 0.25) is 0 Å². The number of benzene rings is 1. The van der Waals surface area contributed by atoms with E-state index in [1.54, 1.807) is 4.90 Å². The van der Waals surface area contributed by atoms with Crippen LogP contribution >= 0.6 is 0 Å². The van der Waals surface area contributed by atoms with Gasteiger partial charge in [-0.25, -0.2) is 0 Å². The van der Waals surface area contributed by atoms with Crippen LogP contribution in [0.1, 0.15) is 29.9 Å². The number of rotatable bonds is 4. The van der Waals surface area contributed by atoms with Crippen LogP contribution in [0, 0.1) is 24.2 Å². The van der Waals surface area contributed by atoms with Crippen molar-refractivity contribution in [1.29, 1.82) is 5.26 Å². The quantitative estimate of drug-likeness (QED) is 0.865. The van der Waals surface area contributed by atoms with Gasteiger partial charge >= 0.3 is 0 Å². The van der Waals surface area contributed by atoms with E-state index in [4.69, 9.17) is 5.26 Å². The van der Waals surface area contributed by atoms with Crippen molar-refractivity contribution in [2.45, 2.75) is 20.8 Å². The SMILES string of the molecule is CCN(CC(C)C#N)C(=O)c1cc(C)nc2ccccc12. The fourth-order valence-corrected chi connectivity index (χ4v) is 2.38. The summed E-state index contributed by atoms with van der Waals surface area (Å²) >= 11 is 0. The highest BCUT2D eigenvalue weighted by molar-refractivity contribution is 6.06. The molecule has 1 atom stereocenters. The van der Waals surface area contributed by atoms with Crippen LogP contribution in [-0.2, 0) is 0 Å². The lowest BCUT2D eigenvalue weighted by atomic mass is 10.1. The van der Waals surface area contributed by atoms with E-state index in [1.165, 1.54) is 0 Å². The van der Waals surface area contributed by atoms with Crippen LogP contribution in [0.3, 0.4) is 0 Å². The number of aromatic nitrogens is 1. The molecule has 2 aromatic rings. The second-order valence-electron chi connectivity index (χ2n) is 5.20. The van der Waals surface area contributed by atoms with Gasteiger partial charge in [0, 0.05) is 24.2 Å². The van der Waals surface area contributed by atoms with E-state index in [-0.39, 0.29) is 11.8 Å². The third-order valence-electron chi connectivity index (χ3n) is 3.46. The van der Waals surface area contributed by atoms with Crippen LogP contribution < -0.4 is 0 Å². The van der Waals surface area contributed by atoms with Crippen molar-refractivity contribution in [3.05, 3.63) is 41.6 Å². The molecule has 0 N–H and O–H groups in total. The summed E-state index contributed by atoms with van der Waals surface area (Å²) < 4.78 is 0. The normalized spacial score (nSPS) is 11.9. The van der Waals surface area contributed by atoms with Gasteiger partial charge in [-0.05, 0) is 32.9 Å². The van der Waals surface area contributed by atoms with E-state index in [1.807, 2.05) is 51.1 Å². The van der Waals surface area contributed by atoms with Gasteiger partial charge in [-0.1, -0.05) is 18.2 Å². The number of carbonyl (C=O) groups is 1. The fraction of sp³-hybridized carbons (Fsp3) is 0.353. The average Bonchev–Trinajstić information content (AvgIpc) is 2.50. The van der Waals surface area contributed by atoms with E-state index in [9.17, 15) is 4.79 Å². The molecule has 4 nitrogen and oxygen atoms in total. The predicted octanol–water partition coefficient (Wildman–Crippen LogP) is 3.17. The number of amides is 1. The molecule has 2 rings (SSSR count). The minimum atomic E-state index is -0.178. The van der Waals surface area contributed by atoms with Gasteiger partial charge in [-0.3, -0.25) is 9.78 Å². The first-order chi connectivity index (χ1) is 10.1. The van der Waals surface area contributed by atoms with Gasteiger partial charge in [-0.2, -0.15) is 5.26 Å². The van der Waals surface area contributed by atoms with E-state index in [0.717, 1.165) is 16.6 Å². The Morgan fingerprint density at radius 2 is 2.14 bits per heavy atom. The predicted molar refractivity (Wildman–Crippen MR) is 82.8 cm³/mol. The third-order valence-corrected chi connectivity index (χ3v) is 3.46. The Morgan fingerprint density at radius 3 is 2.81 bits per heavy atom. The van der Waals surface area contributed by atoms with Gasteiger partial charge in [0.15, 0.2) is 0 Å². The van der Waals surface area contributed by atoms with E-state index in [0.29, 0.717) is 18.7 Å². The average molecular weight is 281 g/mol. The molecule has 0 spiro atoms. The van der Waals surface area contributed by atoms with Crippen molar-refractivity contribution in [3.63, 3.8) is 0 Å². The van der Waals surface area contributed by atoms with Crippen molar-refractivity contribution < 1.29 is 4.79 Å². The summed E-state index contributed by atoms with van der Waals surface area (Å²) in [5.41, 5.74) is 2.30. The molecule has 21 heavy (non-hydrogen) atoms. The number of nitriles is 1. The Morgan fingerprint density at radius 1 is 1.43 bits per heavy atom. The largest absolute Gasteiger partial charge is 0.338 e. The maximum atomic E-state index is 12.8. The van der Waals surface area contributed by atoms with E-state index in [2.05, 4.69) is 11.1 Å². The maximum absolute atomic E-state index is 12.8. The number of hydrogen-bond acceptors (Lipinski definition) is 3. The van der Waals surface area contributed by atoms with Gasteiger partial charge < -0.3 is 4.90 Å². The van der Waals surface area contributed by atoms with Gasteiger partial charge in [0.05, 0.1) is 23.1 Å². The number of nitrogens with zero attached hydrogens (tertiary/aromatic N) is 3. The number of aryl methyl sites for hydroxylation is 1. The smallest absolute Gasteiger partial charge is 0.254 e. The maximum Gasteiger partial charge on any atom is 0.254 e. The zero-order chi connectivity index (χ0) is 15.4. The molecule has 0 aliphatic heterocycles. The molecule has 108 valence electrons. The van der Waals surface area contributed by atoms with Crippen LogP contribution in [0.2, 0.25) is 0 Å². The number of carbonyl (C=O) groups excluding carboxylic acids is 1. The summed E-state index contributed by atoms with van der Waals surface area (Å²) in [7, 11) is 0. The summed E-state index contributed by atoms with van der Waals surface area (Å²) in [6.07, 6.45) is 0. The van der Waals surface area contributed by atoms with Crippen molar-refractivity contribution in [2.24, 2.45) is 5.92 Å². The van der Waals surface area contributed by atoms with Crippen LogP contribution in [0.5, 0.6) is 0 Å². The first-order valence-corrected chi connectivity index (χ1v) is 7.12. The van der Waals surface area contributed by atoms with E-state index >= 15 is 0 Å². The monoisotopic (exact) mass is 281 g/mol. The van der Waals surface area contributed by atoms with Gasteiger partial charge in [0.1, 0.15) is 0 Å². The molecule has 1 aromatic heterocycles.